The number of nitrogens with zero attached hydrogens (tertiary/aromatic N) is 1. The van der Waals surface area contributed by atoms with Gasteiger partial charge in [-0.1, -0.05) is 36.4 Å². The van der Waals surface area contributed by atoms with Gasteiger partial charge in [0.2, 0.25) is 0 Å². The maximum absolute atomic E-state index is 12.8. The fraction of sp³-hybridized carbons (Fsp3) is 0.150. The first-order chi connectivity index (χ1) is 13.0. The first-order valence-corrected chi connectivity index (χ1v) is 8.18. The van der Waals surface area contributed by atoms with Gasteiger partial charge in [-0.15, -0.1) is 0 Å². The number of nitrogens with one attached hydrogen (secondary N) is 1. The molecule has 0 bridgehead atoms. The van der Waals surface area contributed by atoms with E-state index < -0.39 is 17.8 Å². The molecule has 0 saturated carbocycles. The third-order valence-electron chi connectivity index (χ3n) is 4.09. The number of barbiturate groups is 1. The Labute approximate surface area is 156 Å². The normalized spacial score (nSPS) is 15.7. The van der Waals surface area contributed by atoms with Gasteiger partial charge in [-0.25, -0.2) is 4.79 Å². The number of carbonyl (C=O) groups is 3. The van der Waals surface area contributed by atoms with Crippen LogP contribution in [0, 0.1) is 0 Å². The molecule has 1 fully saturated rings. The fourth-order valence-corrected chi connectivity index (χ4v) is 2.71. The first kappa shape index (κ1) is 18.2. The molecule has 2 aromatic rings. The van der Waals surface area contributed by atoms with Crippen LogP contribution in [-0.2, 0) is 16.1 Å². The molecule has 2 aromatic carbocycles. The Morgan fingerprint density at radius 2 is 1.67 bits per heavy atom. The monoisotopic (exact) mass is 366 g/mol. The summed E-state index contributed by atoms with van der Waals surface area (Å²) in [6.07, 6.45) is 1.42. The van der Waals surface area contributed by atoms with Crippen LogP contribution in [0.1, 0.15) is 11.1 Å². The van der Waals surface area contributed by atoms with Gasteiger partial charge in [0.1, 0.15) is 5.57 Å². The predicted octanol–water partition coefficient (Wildman–Crippen LogP) is 2.37. The lowest BCUT2D eigenvalue weighted by atomic mass is 10.1. The second-order valence-corrected chi connectivity index (χ2v) is 5.81. The van der Waals surface area contributed by atoms with Gasteiger partial charge in [-0.2, -0.15) is 0 Å². The lowest BCUT2D eigenvalue weighted by Crippen LogP contribution is -2.53. The quantitative estimate of drug-likeness (QED) is 0.649. The maximum Gasteiger partial charge on any atom is 0.331 e. The third kappa shape index (κ3) is 3.82. The van der Waals surface area contributed by atoms with E-state index in [1.54, 1.807) is 30.3 Å². The number of carbonyl (C=O) groups excluding carboxylic acids is 3. The minimum Gasteiger partial charge on any atom is -0.493 e. The molecule has 1 N–H and O–H groups in total. The van der Waals surface area contributed by atoms with Crippen LogP contribution in [0.15, 0.2) is 54.1 Å². The van der Waals surface area contributed by atoms with Crippen molar-refractivity contribution < 1.29 is 23.9 Å². The summed E-state index contributed by atoms with van der Waals surface area (Å²) < 4.78 is 10.4. The Balaban J connectivity index is 1.92. The SMILES string of the molecule is COc1ccc(/C=C2/C(=O)NC(=O)N(Cc3ccccc3)C2=O)cc1OC. The maximum atomic E-state index is 12.8. The largest absolute Gasteiger partial charge is 0.493 e. The number of ether oxygens (including phenoxy) is 2. The highest BCUT2D eigenvalue weighted by Gasteiger charge is 2.35. The molecular formula is C20H18N2O5. The summed E-state index contributed by atoms with van der Waals surface area (Å²) in [5, 5.41) is 2.20. The number of rotatable bonds is 5. The zero-order valence-corrected chi connectivity index (χ0v) is 14.9. The zero-order valence-electron chi connectivity index (χ0n) is 14.9. The molecule has 0 atom stereocenters. The zero-order chi connectivity index (χ0) is 19.4. The average molecular weight is 366 g/mol. The van der Waals surface area contributed by atoms with Gasteiger partial charge in [-0.05, 0) is 29.3 Å². The Morgan fingerprint density at radius 1 is 0.963 bits per heavy atom. The highest BCUT2D eigenvalue weighted by molar-refractivity contribution is 6.30. The Kier molecular flexibility index (Phi) is 5.21. The molecule has 1 aliphatic rings. The number of imide groups is 2. The highest BCUT2D eigenvalue weighted by atomic mass is 16.5. The van der Waals surface area contributed by atoms with Crippen molar-refractivity contribution in [3.8, 4) is 11.5 Å². The van der Waals surface area contributed by atoms with Crippen molar-refractivity contribution in [1.82, 2.24) is 10.2 Å². The summed E-state index contributed by atoms with van der Waals surface area (Å²) in [5.41, 5.74) is 1.22. The smallest absolute Gasteiger partial charge is 0.331 e. The molecule has 4 amide bonds. The van der Waals surface area contributed by atoms with E-state index in [2.05, 4.69) is 5.32 Å². The van der Waals surface area contributed by atoms with Gasteiger partial charge in [-0.3, -0.25) is 19.8 Å². The number of methoxy groups -OCH3 is 2. The van der Waals surface area contributed by atoms with Crippen molar-refractivity contribution >= 4 is 23.9 Å². The summed E-state index contributed by atoms with van der Waals surface area (Å²) in [6.45, 7) is 0.0715. The minimum absolute atomic E-state index is 0.0715. The summed E-state index contributed by atoms with van der Waals surface area (Å²) in [6, 6.07) is 13.3. The van der Waals surface area contributed by atoms with Gasteiger partial charge in [0.05, 0.1) is 20.8 Å². The Hall–Kier alpha value is -3.61. The van der Waals surface area contributed by atoms with Gasteiger partial charge >= 0.3 is 6.03 Å². The molecular weight excluding hydrogens is 348 g/mol. The highest BCUT2D eigenvalue weighted by Crippen LogP contribution is 2.29. The lowest BCUT2D eigenvalue weighted by molar-refractivity contribution is -0.130. The average Bonchev–Trinajstić information content (AvgIpc) is 2.69. The van der Waals surface area contributed by atoms with Crippen LogP contribution < -0.4 is 14.8 Å². The third-order valence-corrected chi connectivity index (χ3v) is 4.09. The van der Waals surface area contributed by atoms with E-state index in [1.807, 2.05) is 18.2 Å². The van der Waals surface area contributed by atoms with E-state index in [1.165, 1.54) is 20.3 Å². The molecule has 1 aliphatic heterocycles. The molecule has 0 spiro atoms. The van der Waals surface area contributed by atoms with Crippen molar-refractivity contribution in [2.75, 3.05) is 14.2 Å². The molecule has 1 saturated heterocycles. The van der Waals surface area contributed by atoms with E-state index in [9.17, 15) is 14.4 Å². The molecule has 0 aromatic heterocycles. The summed E-state index contributed by atoms with van der Waals surface area (Å²) in [5.74, 6) is -0.390. The predicted molar refractivity (Wildman–Crippen MR) is 98.1 cm³/mol. The van der Waals surface area contributed by atoms with Crippen molar-refractivity contribution in [2.45, 2.75) is 6.54 Å². The van der Waals surface area contributed by atoms with Crippen LogP contribution in [0.3, 0.4) is 0 Å². The van der Waals surface area contributed by atoms with Crippen LogP contribution in [-0.4, -0.2) is 37.0 Å². The first-order valence-electron chi connectivity index (χ1n) is 8.18. The topological polar surface area (TPSA) is 84.9 Å². The van der Waals surface area contributed by atoms with Crippen molar-refractivity contribution in [3.05, 3.63) is 65.2 Å². The van der Waals surface area contributed by atoms with Gasteiger partial charge in [0.25, 0.3) is 11.8 Å². The fourth-order valence-electron chi connectivity index (χ4n) is 2.71. The number of hydrogen-bond acceptors (Lipinski definition) is 5. The molecule has 0 radical (unpaired) electrons. The van der Waals surface area contributed by atoms with E-state index in [0.29, 0.717) is 17.1 Å². The lowest BCUT2D eigenvalue weighted by Gasteiger charge is -2.26. The standard InChI is InChI=1S/C20H18N2O5/c1-26-16-9-8-14(11-17(16)27-2)10-15-18(23)21-20(25)22(19(15)24)12-13-6-4-3-5-7-13/h3-11H,12H2,1-2H3,(H,21,23,25)/b15-10-. The van der Waals surface area contributed by atoms with E-state index >= 15 is 0 Å². The molecule has 3 rings (SSSR count). The summed E-state index contributed by atoms with van der Waals surface area (Å²) in [4.78, 5) is 38.1. The number of benzene rings is 2. The number of amides is 4. The van der Waals surface area contributed by atoms with Gasteiger partial charge in [0, 0.05) is 0 Å². The molecule has 27 heavy (non-hydrogen) atoms. The van der Waals surface area contributed by atoms with E-state index in [4.69, 9.17) is 9.47 Å². The van der Waals surface area contributed by atoms with Crippen molar-refractivity contribution in [1.29, 1.82) is 0 Å². The second kappa shape index (κ2) is 7.74. The molecule has 0 unspecified atom stereocenters. The molecule has 138 valence electrons. The van der Waals surface area contributed by atoms with Crippen LogP contribution in [0.2, 0.25) is 0 Å². The van der Waals surface area contributed by atoms with Crippen molar-refractivity contribution in [2.24, 2.45) is 0 Å². The molecule has 7 heteroatoms. The van der Waals surface area contributed by atoms with Crippen LogP contribution in [0.5, 0.6) is 11.5 Å². The number of urea groups is 1. The van der Waals surface area contributed by atoms with E-state index in [0.717, 1.165) is 10.5 Å². The van der Waals surface area contributed by atoms with Crippen LogP contribution >= 0.6 is 0 Å². The molecule has 7 nitrogen and oxygen atoms in total. The minimum atomic E-state index is -0.738. The summed E-state index contributed by atoms with van der Waals surface area (Å²) in [7, 11) is 3.01. The van der Waals surface area contributed by atoms with Gasteiger partial charge in [0.15, 0.2) is 11.5 Å². The number of hydrogen-bond donors (Lipinski definition) is 1. The molecule has 0 aliphatic carbocycles. The van der Waals surface area contributed by atoms with Crippen LogP contribution in [0.4, 0.5) is 4.79 Å². The van der Waals surface area contributed by atoms with E-state index in [-0.39, 0.29) is 12.1 Å². The second-order valence-electron chi connectivity index (χ2n) is 5.81. The van der Waals surface area contributed by atoms with Crippen molar-refractivity contribution in [3.63, 3.8) is 0 Å². The summed E-state index contributed by atoms with van der Waals surface area (Å²) >= 11 is 0. The Morgan fingerprint density at radius 3 is 2.33 bits per heavy atom. The Bertz CT molecular complexity index is 921. The molecule has 1 heterocycles. The van der Waals surface area contributed by atoms with Crippen LogP contribution in [0.25, 0.3) is 6.08 Å². The van der Waals surface area contributed by atoms with Gasteiger partial charge < -0.3 is 9.47 Å².